The average molecular weight is 185 g/mol. The summed E-state index contributed by atoms with van der Waals surface area (Å²) in [5, 5.41) is 0. The zero-order chi connectivity index (χ0) is 7.84. The fourth-order valence-corrected chi connectivity index (χ4v) is 1.12. The molecule has 0 unspecified atom stereocenters. The number of anilines is 1. The lowest BCUT2D eigenvalue weighted by molar-refractivity contribution is 0.824. The summed E-state index contributed by atoms with van der Waals surface area (Å²) in [6, 6.07) is 0. The smallest absolute Gasteiger partial charge is 0.200 e. The van der Waals surface area contributed by atoms with Crippen molar-refractivity contribution in [2.45, 2.75) is 0 Å². The predicted octanol–water partition coefficient (Wildman–Crippen LogP) is -0.227. The van der Waals surface area contributed by atoms with Gasteiger partial charge in [0.15, 0.2) is 10.3 Å². The normalized spacial score (nSPS) is 9.67. The number of hydrogen-bond donors (Lipinski definition) is 3. The number of nitrogens with two attached hydrogens (primary N) is 1. The Hall–Kier alpha value is -1.47. The summed E-state index contributed by atoms with van der Waals surface area (Å²) in [4.78, 5) is 13.4. The van der Waals surface area contributed by atoms with Crippen molar-refractivity contribution in [3.63, 3.8) is 0 Å². The van der Waals surface area contributed by atoms with Crippen molar-refractivity contribution in [2.24, 2.45) is 0 Å². The van der Waals surface area contributed by atoms with Crippen molar-refractivity contribution in [3.05, 3.63) is 11.0 Å². The molecule has 12 heavy (non-hydrogen) atoms. The molecule has 0 aliphatic rings. The van der Waals surface area contributed by atoms with Crippen LogP contribution in [-0.2, 0) is 0 Å². The zero-order valence-corrected chi connectivity index (χ0v) is 6.77. The van der Waals surface area contributed by atoms with Gasteiger partial charge in [0.05, 0.1) is 6.33 Å². The second kappa shape index (κ2) is 2.88. The standard InChI is InChI=1S/C5H5N5S.H2O/c6-5-9-3-2(4(11)10-5)7-1-8-3;/h1H,(H4,6,7,8,9,10,11);1H2. The monoisotopic (exact) mass is 185 g/mol. The number of fused-ring (bicyclic) bond motifs is 1. The number of nitrogens with one attached hydrogen (secondary N) is 2. The molecule has 2 aromatic rings. The highest BCUT2D eigenvalue weighted by atomic mass is 32.1. The predicted molar refractivity (Wildman–Crippen MR) is 47.1 cm³/mol. The lowest BCUT2D eigenvalue weighted by Crippen LogP contribution is -1.94. The van der Waals surface area contributed by atoms with Gasteiger partial charge in [-0.1, -0.05) is 12.2 Å². The fourth-order valence-electron chi connectivity index (χ4n) is 0.867. The lowest BCUT2D eigenvalue weighted by Gasteiger charge is -1.91. The Morgan fingerprint density at radius 2 is 2.25 bits per heavy atom. The molecule has 0 spiro atoms. The molecule has 0 radical (unpaired) electrons. The third-order valence-electron chi connectivity index (χ3n) is 1.32. The highest BCUT2D eigenvalue weighted by Gasteiger charge is 1.98. The van der Waals surface area contributed by atoms with Crippen LogP contribution in [-0.4, -0.2) is 25.4 Å². The van der Waals surface area contributed by atoms with Crippen molar-refractivity contribution in [1.82, 2.24) is 19.9 Å². The van der Waals surface area contributed by atoms with Crippen LogP contribution in [0.2, 0.25) is 0 Å². The number of aromatic nitrogens is 4. The second-order valence-electron chi connectivity index (χ2n) is 2.05. The highest BCUT2D eigenvalue weighted by molar-refractivity contribution is 7.71. The molecule has 7 heteroatoms. The largest absolute Gasteiger partial charge is 0.412 e. The van der Waals surface area contributed by atoms with Gasteiger partial charge in [-0.2, -0.15) is 0 Å². The molecule has 0 amide bonds. The Morgan fingerprint density at radius 1 is 1.50 bits per heavy atom. The molecule has 2 heterocycles. The Morgan fingerprint density at radius 3 is 3.00 bits per heavy atom. The third kappa shape index (κ3) is 1.15. The first-order chi connectivity index (χ1) is 5.27. The molecule has 6 nitrogen and oxygen atoms in total. The molecule has 6 N–H and O–H groups in total. The Kier molecular flexibility index (Phi) is 2.07. The lowest BCUT2D eigenvalue weighted by atomic mass is 10.6. The average Bonchev–Trinajstić information content (AvgIpc) is 2.34. The van der Waals surface area contributed by atoms with Crippen LogP contribution in [0.1, 0.15) is 0 Å². The van der Waals surface area contributed by atoms with Crippen LogP contribution in [0.3, 0.4) is 0 Å². The minimum atomic E-state index is 0. The third-order valence-corrected chi connectivity index (χ3v) is 1.62. The van der Waals surface area contributed by atoms with Gasteiger partial charge in [-0.3, -0.25) is 0 Å². The number of hydrogen-bond acceptors (Lipinski definition) is 4. The van der Waals surface area contributed by atoms with Crippen LogP contribution in [0, 0.1) is 4.64 Å². The molecule has 0 aromatic carbocycles. The first kappa shape index (κ1) is 8.62. The van der Waals surface area contributed by atoms with E-state index in [1.807, 2.05) is 0 Å². The number of nitrogen functional groups attached to an aromatic ring is 1. The van der Waals surface area contributed by atoms with Crippen LogP contribution in [0.4, 0.5) is 5.95 Å². The molecule has 0 fully saturated rings. The molecule has 2 rings (SSSR count). The Bertz CT molecular complexity index is 446. The van der Waals surface area contributed by atoms with Crippen molar-refractivity contribution < 1.29 is 5.48 Å². The van der Waals surface area contributed by atoms with Gasteiger partial charge in [0.1, 0.15) is 5.52 Å². The molecule has 0 atom stereocenters. The van der Waals surface area contributed by atoms with Crippen LogP contribution in [0.5, 0.6) is 0 Å². The van der Waals surface area contributed by atoms with Gasteiger partial charge in [-0.05, 0) is 0 Å². The van der Waals surface area contributed by atoms with Crippen LogP contribution >= 0.6 is 12.2 Å². The van der Waals surface area contributed by atoms with Gasteiger partial charge in [0.2, 0.25) is 5.95 Å². The first-order valence-electron chi connectivity index (χ1n) is 2.96. The van der Waals surface area contributed by atoms with Crippen LogP contribution in [0.15, 0.2) is 6.33 Å². The summed E-state index contributed by atoms with van der Waals surface area (Å²) in [6.45, 7) is 0. The number of imidazole rings is 1. The SMILES string of the molecule is Nc1nc(=S)c2[nH]cnc2[nH]1.O. The van der Waals surface area contributed by atoms with E-state index < -0.39 is 0 Å². The van der Waals surface area contributed by atoms with Crippen molar-refractivity contribution >= 4 is 29.3 Å². The van der Waals surface area contributed by atoms with E-state index in [2.05, 4.69) is 19.9 Å². The van der Waals surface area contributed by atoms with E-state index in [1.165, 1.54) is 6.33 Å². The minimum Gasteiger partial charge on any atom is -0.412 e. The zero-order valence-electron chi connectivity index (χ0n) is 5.96. The summed E-state index contributed by atoms with van der Waals surface area (Å²) in [6.07, 6.45) is 1.54. The van der Waals surface area contributed by atoms with E-state index >= 15 is 0 Å². The van der Waals surface area contributed by atoms with E-state index in [0.29, 0.717) is 15.8 Å². The summed E-state index contributed by atoms with van der Waals surface area (Å²) >= 11 is 4.91. The van der Waals surface area contributed by atoms with Gasteiger partial charge < -0.3 is 21.2 Å². The molecule has 0 aliphatic carbocycles. The number of H-pyrrole nitrogens is 2. The maximum atomic E-state index is 5.40. The van der Waals surface area contributed by atoms with Crippen molar-refractivity contribution in [1.29, 1.82) is 0 Å². The van der Waals surface area contributed by atoms with Crippen LogP contribution < -0.4 is 5.73 Å². The molecule has 64 valence electrons. The first-order valence-corrected chi connectivity index (χ1v) is 3.37. The topological polar surface area (TPSA) is 115 Å². The maximum Gasteiger partial charge on any atom is 0.200 e. The molecule has 0 bridgehead atoms. The van der Waals surface area contributed by atoms with E-state index in [-0.39, 0.29) is 11.4 Å². The second-order valence-corrected chi connectivity index (χ2v) is 2.44. The summed E-state index contributed by atoms with van der Waals surface area (Å²) in [7, 11) is 0. The van der Waals surface area contributed by atoms with E-state index in [1.54, 1.807) is 0 Å². The quantitative estimate of drug-likeness (QED) is 0.492. The van der Waals surface area contributed by atoms with Gasteiger partial charge in [-0.15, -0.1) is 0 Å². The fraction of sp³-hybridized carbons (Fsp3) is 0. The van der Waals surface area contributed by atoms with E-state index in [0.717, 1.165) is 0 Å². The summed E-state index contributed by atoms with van der Waals surface area (Å²) in [5.41, 5.74) is 6.75. The Labute approximate surface area is 72.2 Å². The maximum absolute atomic E-state index is 5.40. The number of aromatic amines is 2. The summed E-state index contributed by atoms with van der Waals surface area (Å²) < 4.78 is 0.439. The Balaban J connectivity index is 0.000000720. The molecule has 0 aliphatic heterocycles. The molecule has 2 aromatic heterocycles. The molecular weight excluding hydrogens is 178 g/mol. The van der Waals surface area contributed by atoms with Crippen molar-refractivity contribution in [3.8, 4) is 0 Å². The van der Waals surface area contributed by atoms with Crippen LogP contribution in [0.25, 0.3) is 11.2 Å². The van der Waals surface area contributed by atoms with Gasteiger partial charge in [0, 0.05) is 0 Å². The number of nitrogens with zero attached hydrogens (tertiary/aromatic N) is 2. The van der Waals surface area contributed by atoms with Gasteiger partial charge in [-0.25, -0.2) is 9.97 Å². The molecular formula is C5H7N5OS. The molecule has 0 saturated carbocycles. The van der Waals surface area contributed by atoms with Gasteiger partial charge in [0.25, 0.3) is 0 Å². The number of rotatable bonds is 0. The van der Waals surface area contributed by atoms with Crippen molar-refractivity contribution in [2.75, 3.05) is 5.73 Å². The van der Waals surface area contributed by atoms with Gasteiger partial charge >= 0.3 is 0 Å². The highest BCUT2D eigenvalue weighted by Crippen LogP contribution is 2.06. The molecule has 0 saturated heterocycles. The summed E-state index contributed by atoms with van der Waals surface area (Å²) in [5.74, 6) is 0.287. The minimum absolute atomic E-state index is 0. The van der Waals surface area contributed by atoms with E-state index in [9.17, 15) is 0 Å². The van der Waals surface area contributed by atoms with E-state index in [4.69, 9.17) is 18.0 Å².